The highest BCUT2D eigenvalue weighted by molar-refractivity contribution is 6.06. The number of hydrogen-bond donors (Lipinski definition) is 2. The summed E-state index contributed by atoms with van der Waals surface area (Å²) in [6.07, 6.45) is 4.13. The number of nitrogens with zero attached hydrogens (tertiary/aromatic N) is 1. The zero-order valence-corrected chi connectivity index (χ0v) is 16.1. The summed E-state index contributed by atoms with van der Waals surface area (Å²) in [5.74, 6) is -0.856. The molecule has 1 fully saturated rings. The van der Waals surface area contributed by atoms with Crippen LogP contribution in [-0.4, -0.2) is 53.6 Å². The number of benzene rings is 1. The number of ether oxygens (including phenoxy) is 1. The molecule has 2 heterocycles. The molecule has 0 aromatic heterocycles. The van der Waals surface area contributed by atoms with Gasteiger partial charge in [-0.2, -0.15) is 0 Å². The minimum Gasteiger partial charge on any atom is -0.396 e. The normalized spacial score (nSPS) is 19.8. The molecule has 28 heavy (non-hydrogen) atoms. The molecule has 0 saturated carbocycles. The zero-order valence-electron chi connectivity index (χ0n) is 16.1. The van der Waals surface area contributed by atoms with E-state index in [1.807, 2.05) is 25.1 Å². The number of carbonyl (C=O) groups excluding carboxylic acids is 3. The van der Waals surface area contributed by atoms with Crippen LogP contribution < -0.4 is 5.32 Å². The first-order chi connectivity index (χ1) is 13.5. The predicted molar refractivity (Wildman–Crippen MR) is 103 cm³/mol. The van der Waals surface area contributed by atoms with Crippen LogP contribution in [0, 0.1) is 0 Å². The van der Waals surface area contributed by atoms with Gasteiger partial charge in [0.2, 0.25) is 11.8 Å². The second-order valence-corrected chi connectivity index (χ2v) is 7.12. The number of carbonyl (C=O) groups is 3. The highest BCUT2D eigenvalue weighted by Crippen LogP contribution is 2.32. The lowest BCUT2D eigenvalue weighted by molar-refractivity contribution is -0.136. The van der Waals surface area contributed by atoms with E-state index in [0.717, 1.165) is 29.5 Å². The topological polar surface area (TPSA) is 95.9 Å². The van der Waals surface area contributed by atoms with E-state index in [0.29, 0.717) is 31.7 Å². The van der Waals surface area contributed by atoms with Crippen LogP contribution >= 0.6 is 0 Å². The van der Waals surface area contributed by atoms with Crippen LogP contribution in [0.4, 0.5) is 0 Å². The number of aliphatic hydroxyl groups excluding tert-OH is 1. The van der Waals surface area contributed by atoms with E-state index in [1.54, 1.807) is 11.0 Å². The van der Waals surface area contributed by atoms with Crippen molar-refractivity contribution in [3.05, 3.63) is 41.0 Å². The molecule has 2 N–H and O–H groups in total. The first-order valence-electron chi connectivity index (χ1n) is 9.65. The maximum Gasteiger partial charge on any atom is 0.255 e. The Balaban J connectivity index is 1.71. The molecule has 1 aromatic carbocycles. The van der Waals surface area contributed by atoms with Gasteiger partial charge in [-0.15, -0.1) is 0 Å². The van der Waals surface area contributed by atoms with Gasteiger partial charge in [-0.3, -0.25) is 19.7 Å². The number of nitrogens with one attached hydrogen (secondary N) is 1. The zero-order chi connectivity index (χ0) is 20.1. The number of aliphatic hydroxyl groups is 1. The lowest BCUT2D eigenvalue weighted by Gasteiger charge is -2.29. The minimum atomic E-state index is -0.607. The molecule has 0 bridgehead atoms. The Hall–Kier alpha value is -2.51. The lowest BCUT2D eigenvalue weighted by Crippen LogP contribution is -2.52. The first kappa shape index (κ1) is 20.2. The molecule has 0 radical (unpaired) electrons. The third-order valence-electron chi connectivity index (χ3n) is 5.21. The van der Waals surface area contributed by atoms with Crippen molar-refractivity contribution in [2.45, 2.75) is 45.2 Å². The molecule has 7 nitrogen and oxygen atoms in total. The van der Waals surface area contributed by atoms with Crippen molar-refractivity contribution in [1.29, 1.82) is 0 Å². The molecule has 150 valence electrons. The fraction of sp³-hybridized carbons (Fsp3) is 0.476. The van der Waals surface area contributed by atoms with Crippen molar-refractivity contribution in [2.24, 2.45) is 0 Å². The standard InChI is InChI=1S/C21H26N2O5/c1-14(9-12-28-11-3-2-10-24)15-5-4-6-16-17(15)13-23(21(16)27)18-7-8-19(25)22-20(18)26/h4-6,9,18,24H,2-3,7-8,10-13H2,1H3,(H,22,25,26)/b14-9-. The third-order valence-corrected chi connectivity index (χ3v) is 5.21. The number of rotatable bonds is 8. The summed E-state index contributed by atoms with van der Waals surface area (Å²) in [4.78, 5) is 38.0. The van der Waals surface area contributed by atoms with Gasteiger partial charge in [0, 0.05) is 31.7 Å². The van der Waals surface area contributed by atoms with Gasteiger partial charge >= 0.3 is 0 Å². The van der Waals surface area contributed by atoms with Gasteiger partial charge in [0.15, 0.2) is 0 Å². The van der Waals surface area contributed by atoms with Gasteiger partial charge in [-0.25, -0.2) is 0 Å². The summed E-state index contributed by atoms with van der Waals surface area (Å²) in [6, 6.07) is 4.99. The summed E-state index contributed by atoms with van der Waals surface area (Å²) < 4.78 is 5.56. The van der Waals surface area contributed by atoms with Crippen molar-refractivity contribution in [2.75, 3.05) is 19.8 Å². The van der Waals surface area contributed by atoms with E-state index in [4.69, 9.17) is 9.84 Å². The van der Waals surface area contributed by atoms with Crippen molar-refractivity contribution in [3.63, 3.8) is 0 Å². The summed E-state index contributed by atoms with van der Waals surface area (Å²) in [5.41, 5.74) is 3.50. The van der Waals surface area contributed by atoms with Crippen molar-refractivity contribution < 1.29 is 24.2 Å². The highest BCUT2D eigenvalue weighted by atomic mass is 16.5. The Bertz CT molecular complexity index is 802. The van der Waals surface area contributed by atoms with Crippen molar-refractivity contribution in [3.8, 4) is 0 Å². The van der Waals surface area contributed by atoms with Gasteiger partial charge < -0.3 is 14.7 Å². The predicted octanol–water partition coefficient (Wildman–Crippen LogP) is 1.64. The van der Waals surface area contributed by atoms with E-state index in [1.165, 1.54) is 0 Å². The molecule has 3 rings (SSSR count). The molecule has 7 heteroatoms. The second-order valence-electron chi connectivity index (χ2n) is 7.12. The summed E-state index contributed by atoms with van der Waals surface area (Å²) in [7, 11) is 0. The number of imide groups is 1. The molecular weight excluding hydrogens is 360 g/mol. The molecule has 2 aliphatic rings. The van der Waals surface area contributed by atoms with E-state index in [2.05, 4.69) is 5.32 Å². The van der Waals surface area contributed by atoms with Crippen molar-refractivity contribution in [1.82, 2.24) is 10.2 Å². The Morgan fingerprint density at radius 2 is 2.14 bits per heavy atom. The smallest absolute Gasteiger partial charge is 0.255 e. The molecule has 1 unspecified atom stereocenters. The van der Waals surface area contributed by atoms with Crippen LogP contribution in [0.1, 0.15) is 54.1 Å². The molecule has 1 saturated heterocycles. The van der Waals surface area contributed by atoms with Crippen LogP contribution in [0.5, 0.6) is 0 Å². The molecule has 0 aliphatic carbocycles. The number of piperidine rings is 1. The lowest BCUT2D eigenvalue weighted by atomic mass is 9.97. The number of allylic oxidation sites excluding steroid dienone is 1. The van der Waals surface area contributed by atoms with Crippen LogP contribution in [0.3, 0.4) is 0 Å². The third kappa shape index (κ3) is 4.31. The Labute approximate surface area is 164 Å². The maximum absolute atomic E-state index is 12.9. The SMILES string of the molecule is C/C(=C/COCCCCO)c1cccc2c1CN(C1CCC(=O)NC1=O)C2=O. The molecule has 2 aliphatic heterocycles. The molecule has 1 aromatic rings. The Kier molecular flexibility index (Phi) is 6.59. The molecule has 0 spiro atoms. The summed E-state index contributed by atoms with van der Waals surface area (Å²) >= 11 is 0. The number of hydrogen-bond acceptors (Lipinski definition) is 5. The van der Waals surface area contributed by atoms with Crippen LogP contribution in [0.2, 0.25) is 0 Å². The highest BCUT2D eigenvalue weighted by Gasteiger charge is 2.39. The van der Waals surface area contributed by atoms with Crippen LogP contribution in [0.25, 0.3) is 5.57 Å². The molecule has 3 amide bonds. The van der Waals surface area contributed by atoms with Gasteiger partial charge in [0.05, 0.1) is 6.61 Å². The number of unbranched alkanes of at least 4 members (excludes halogenated alkanes) is 1. The fourth-order valence-electron chi connectivity index (χ4n) is 3.65. The van der Waals surface area contributed by atoms with Gasteiger partial charge in [0.1, 0.15) is 6.04 Å². The largest absolute Gasteiger partial charge is 0.396 e. The van der Waals surface area contributed by atoms with E-state index < -0.39 is 11.9 Å². The van der Waals surface area contributed by atoms with Gasteiger partial charge in [-0.1, -0.05) is 18.2 Å². The second kappa shape index (κ2) is 9.12. The van der Waals surface area contributed by atoms with Crippen molar-refractivity contribution >= 4 is 23.3 Å². The monoisotopic (exact) mass is 386 g/mol. The van der Waals surface area contributed by atoms with Gasteiger partial charge in [-0.05, 0) is 49.0 Å². The average molecular weight is 386 g/mol. The Morgan fingerprint density at radius 1 is 1.32 bits per heavy atom. The van der Waals surface area contributed by atoms with Gasteiger partial charge in [0.25, 0.3) is 5.91 Å². The fourth-order valence-corrected chi connectivity index (χ4v) is 3.65. The van der Waals surface area contributed by atoms with E-state index in [9.17, 15) is 14.4 Å². The van der Waals surface area contributed by atoms with Crippen LogP contribution in [0.15, 0.2) is 24.3 Å². The summed E-state index contributed by atoms with van der Waals surface area (Å²) in [6.45, 7) is 3.57. The Morgan fingerprint density at radius 3 is 2.89 bits per heavy atom. The summed E-state index contributed by atoms with van der Waals surface area (Å²) in [5, 5.41) is 11.1. The molecule has 1 atom stereocenters. The maximum atomic E-state index is 12.9. The number of amides is 3. The van der Waals surface area contributed by atoms with E-state index >= 15 is 0 Å². The average Bonchev–Trinajstić information content (AvgIpc) is 3.01. The van der Waals surface area contributed by atoms with Crippen LogP contribution in [-0.2, 0) is 20.9 Å². The minimum absolute atomic E-state index is 0.167. The quantitative estimate of drug-likeness (QED) is 0.523. The molecular formula is C21H26N2O5. The van der Waals surface area contributed by atoms with E-state index in [-0.39, 0.29) is 24.8 Å². The first-order valence-corrected chi connectivity index (χ1v) is 9.65. The number of fused-ring (bicyclic) bond motifs is 1.